The average molecular weight is 1150 g/mol. The highest BCUT2D eigenvalue weighted by molar-refractivity contribution is 5.71. The number of esters is 3. The summed E-state index contributed by atoms with van der Waals surface area (Å²) in [6, 6.07) is 0. The molecule has 0 aliphatic heterocycles. The first-order valence-electron chi connectivity index (χ1n) is 34.7. The van der Waals surface area contributed by atoms with Crippen molar-refractivity contribution in [1.82, 2.24) is 0 Å². The summed E-state index contributed by atoms with van der Waals surface area (Å²) in [6.45, 7) is 6.49. The third kappa shape index (κ3) is 68.2. The highest BCUT2D eigenvalue weighted by Gasteiger charge is 2.19. The molecule has 0 heterocycles. The maximum Gasteiger partial charge on any atom is 0.306 e. The van der Waals surface area contributed by atoms with Crippen LogP contribution in [-0.2, 0) is 28.6 Å². The number of ether oxygens (including phenoxy) is 3. The smallest absolute Gasteiger partial charge is 0.306 e. The van der Waals surface area contributed by atoms with E-state index in [1.54, 1.807) is 0 Å². The Bertz CT molecular complexity index is 1750. The largest absolute Gasteiger partial charge is 0.462 e. The Morgan fingerprint density at radius 3 is 0.759 bits per heavy atom. The summed E-state index contributed by atoms with van der Waals surface area (Å²) in [4.78, 5) is 38.3. The van der Waals surface area contributed by atoms with Crippen LogP contribution in [0.1, 0.15) is 316 Å². The number of rotatable bonds is 62. The summed E-state index contributed by atoms with van der Waals surface area (Å²) in [5, 5.41) is 0. The Balaban J connectivity index is 4.23. The zero-order chi connectivity index (χ0) is 59.9. The summed E-state index contributed by atoms with van der Waals surface area (Å²) in [5.41, 5.74) is 0. The molecule has 0 saturated heterocycles. The molecule has 0 N–H and O–H groups in total. The molecule has 0 saturated carbocycles. The number of carbonyl (C=O) groups excluding carboxylic acids is 3. The first-order valence-corrected chi connectivity index (χ1v) is 34.7. The molecule has 6 heteroatoms. The molecule has 0 aromatic rings. The van der Waals surface area contributed by atoms with E-state index in [2.05, 4.69) is 154 Å². The second-order valence-electron chi connectivity index (χ2n) is 22.7. The third-order valence-corrected chi connectivity index (χ3v) is 14.6. The quantitative estimate of drug-likeness (QED) is 0.0261. The molecule has 0 aliphatic carbocycles. The van der Waals surface area contributed by atoms with Crippen molar-refractivity contribution in [1.29, 1.82) is 0 Å². The van der Waals surface area contributed by atoms with Gasteiger partial charge in [-0.3, -0.25) is 14.4 Å². The molecule has 472 valence electrons. The van der Waals surface area contributed by atoms with Gasteiger partial charge in [-0.15, -0.1) is 0 Å². The fourth-order valence-electron chi connectivity index (χ4n) is 9.47. The lowest BCUT2D eigenvalue weighted by Gasteiger charge is -2.18. The first kappa shape index (κ1) is 78.5. The second-order valence-corrected chi connectivity index (χ2v) is 22.7. The molecule has 0 amide bonds. The van der Waals surface area contributed by atoms with E-state index in [1.807, 2.05) is 0 Å². The molecule has 1 atom stereocenters. The van der Waals surface area contributed by atoms with Gasteiger partial charge in [0, 0.05) is 19.3 Å². The van der Waals surface area contributed by atoms with Gasteiger partial charge in [-0.2, -0.15) is 0 Å². The van der Waals surface area contributed by atoms with Crippen LogP contribution in [0, 0.1) is 0 Å². The lowest BCUT2D eigenvalue weighted by atomic mass is 10.1. The van der Waals surface area contributed by atoms with Gasteiger partial charge in [-0.1, -0.05) is 309 Å². The van der Waals surface area contributed by atoms with Crippen LogP contribution in [0.4, 0.5) is 0 Å². The summed E-state index contributed by atoms with van der Waals surface area (Å²) < 4.78 is 16.9. The van der Waals surface area contributed by atoms with Crippen LogP contribution in [0.5, 0.6) is 0 Å². The van der Waals surface area contributed by atoms with Gasteiger partial charge in [0.15, 0.2) is 6.10 Å². The molecule has 0 aliphatic rings. The summed E-state index contributed by atoms with van der Waals surface area (Å²) >= 11 is 0. The molecule has 0 rings (SSSR count). The van der Waals surface area contributed by atoms with E-state index in [0.717, 1.165) is 135 Å². The number of hydrogen-bond donors (Lipinski definition) is 0. The Morgan fingerprint density at radius 1 is 0.253 bits per heavy atom. The molecule has 0 radical (unpaired) electrons. The van der Waals surface area contributed by atoms with Crippen LogP contribution in [0.3, 0.4) is 0 Å². The van der Waals surface area contributed by atoms with Gasteiger partial charge >= 0.3 is 17.9 Å². The highest BCUT2D eigenvalue weighted by Crippen LogP contribution is 2.16. The number of allylic oxidation sites excluding steroid dienone is 22. The Morgan fingerprint density at radius 2 is 0.470 bits per heavy atom. The van der Waals surface area contributed by atoms with Crippen LogP contribution < -0.4 is 0 Å². The molecule has 0 spiro atoms. The van der Waals surface area contributed by atoms with Crippen LogP contribution >= 0.6 is 0 Å². The van der Waals surface area contributed by atoms with Crippen molar-refractivity contribution in [2.24, 2.45) is 0 Å². The van der Waals surface area contributed by atoms with Crippen molar-refractivity contribution in [3.05, 3.63) is 134 Å². The highest BCUT2D eigenvalue weighted by atomic mass is 16.6. The number of hydrogen-bond acceptors (Lipinski definition) is 6. The van der Waals surface area contributed by atoms with E-state index in [4.69, 9.17) is 14.2 Å². The van der Waals surface area contributed by atoms with E-state index < -0.39 is 6.10 Å². The third-order valence-electron chi connectivity index (χ3n) is 14.6. The Kier molecular flexibility index (Phi) is 66.3. The van der Waals surface area contributed by atoms with Gasteiger partial charge < -0.3 is 14.2 Å². The minimum atomic E-state index is -0.789. The standard InChI is InChI=1S/C77H128O6/c1-4-7-10-13-16-19-22-24-26-28-30-31-32-33-34-35-36-37-38-39-40-41-42-43-44-45-47-48-50-52-55-58-61-64-67-70-76(79)82-73-74(72-81-75(78)69-66-63-60-57-54-21-18-15-12-9-6-3)83-77(80)71-68-65-62-59-56-53-51-49-46-29-27-25-23-20-17-14-11-8-5-2/h7,10,16-17,19-20,24-27,30-31,33-34,36-37,39-40,42-43,46,49,74H,4-6,8-9,11-15,18,21-23,28-29,32,35,38,41,44-45,47-48,50-73H2,1-3H3/b10-7-,19-16-,20-17-,26-24-,27-25-,31-30-,34-33-,37-36-,40-39-,43-42-,49-46-. The van der Waals surface area contributed by atoms with E-state index in [9.17, 15) is 14.4 Å². The normalized spacial score (nSPS) is 13.0. The van der Waals surface area contributed by atoms with Gasteiger partial charge in [0.05, 0.1) is 0 Å². The average Bonchev–Trinajstić information content (AvgIpc) is 3.48. The summed E-state index contributed by atoms with van der Waals surface area (Å²) in [7, 11) is 0. The predicted octanol–water partition coefficient (Wildman–Crippen LogP) is 24.1. The van der Waals surface area contributed by atoms with Gasteiger partial charge in [-0.25, -0.2) is 0 Å². The monoisotopic (exact) mass is 1150 g/mol. The van der Waals surface area contributed by atoms with Crippen molar-refractivity contribution in [3.8, 4) is 0 Å². The van der Waals surface area contributed by atoms with Crippen LogP contribution in [-0.4, -0.2) is 37.2 Å². The Hall–Kier alpha value is -4.45. The second kappa shape index (κ2) is 70.0. The van der Waals surface area contributed by atoms with Crippen molar-refractivity contribution in [2.75, 3.05) is 13.2 Å². The fraction of sp³-hybridized carbons (Fsp3) is 0.675. The fourth-order valence-corrected chi connectivity index (χ4v) is 9.47. The van der Waals surface area contributed by atoms with Gasteiger partial charge in [-0.05, 0) is 122 Å². The van der Waals surface area contributed by atoms with Crippen molar-refractivity contribution >= 4 is 17.9 Å². The van der Waals surface area contributed by atoms with Gasteiger partial charge in [0.25, 0.3) is 0 Å². The molecule has 83 heavy (non-hydrogen) atoms. The first-order chi connectivity index (χ1) is 41.0. The maximum absolute atomic E-state index is 12.9. The molecular formula is C77H128O6. The minimum absolute atomic E-state index is 0.0840. The van der Waals surface area contributed by atoms with Crippen LogP contribution in [0.25, 0.3) is 0 Å². The van der Waals surface area contributed by atoms with Crippen molar-refractivity contribution in [3.63, 3.8) is 0 Å². The Labute approximate surface area is 513 Å². The zero-order valence-corrected chi connectivity index (χ0v) is 54.2. The lowest BCUT2D eigenvalue weighted by Crippen LogP contribution is -2.30. The maximum atomic E-state index is 12.9. The van der Waals surface area contributed by atoms with E-state index in [0.29, 0.717) is 19.3 Å². The van der Waals surface area contributed by atoms with Crippen LogP contribution in [0.2, 0.25) is 0 Å². The lowest BCUT2D eigenvalue weighted by molar-refractivity contribution is -0.167. The minimum Gasteiger partial charge on any atom is -0.462 e. The zero-order valence-electron chi connectivity index (χ0n) is 54.2. The SMILES string of the molecule is CC/C=C\C/C=C\C/C=C\C/C=C\C/C=C\C/C=C\C/C=C\C/C=C\CCCCCCCCCCCCC(=O)OCC(COC(=O)CCCCCCCCCCCCC)OC(=O)CCCCCCCC/C=C\C/C=C\C/C=C\CCCCC. The number of unbranched alkanes of at least 4 members (excludes halogenated alkanes) is 29. The number of carbonyl (C=O) groups is 3. The van der Waals surface area contributed by atoms with Crippen molar-refractivity contribution < 1.29 is 28.6 Å². The molecule has 0 fully saturated rings. The topological polar surface area (TPSA) is 78.9 Å². The molecule has 0 bridgehead atoms. The van der Waals surface area contributed by atoms with Gasteiger partial charge in [0.2, 0.25) is 0 Å². The summed E-state index contributed by atoms with van der Waals surface area (Å²) in [6.07, 6.45) is 99.0. The van der Waals surface area contributed by atoms with E-state index in [-0.39, 0.29) is 31.1 Å². The molecular weight excluding hydrogens is 1020 g/mol. The van der Waals surface area contributed by atoms with Gasteiger partial charge in [0.1, 0.15) is 13.2 Å². The predicted molar refractivity (Wildman–Crippen MR) is 362 cm³/mol. The summed E-state index contributed by atoms with van der Waals surface area (Å²) in [5.74, 6) is -0.895. The molecule has 0 aromatic carbocycles. The molecule has 0 aromatic heterocycles. The van der Waals surface area contributed by atoms with Crippen LogP contribution in [0.15, 0.2) is 134 Å². The molecule has 6 nitrogen and oxygen atoms in total. The van der Waals surface area contributed by atoms with Crippen molar-refractivity contribution in [2.45, 2.75) is 322 Å². The molecule has 1 unspecified atom stereocenters. The van der Waals surface area contributed by atoms with E-state index in [1.165, 1.54) is 141 Å². The van der Waals surface area contributed by atoms with E-state index >= 15 is 0 Å².